The van der Waals surface area contributed by atoms with Crippen LogP contribution in [-0.2, 0) is 0 Å². The highest BCUT2D eigenvalue weighted by Crippen LogP contribution is 2.19. The largest absolute Gasteiger partial charge is 0.294 e. The Balaban J connectivity index is 1.62. The number of carbonyl (C=O) groups is 6. The van der Waals surface area contributed by atoms with E-state index in [1.807, 2.05) is 0 Å². The van der Waals surface area contributed by atoms with Crippen LogP contribution in [0.5, 0.6) is 0 Å². The fourth-order valence-electron chi connectivity index (χ4n) is 4.03. The van der Waals surface area contributed by atoms with Crippen molar-refractivity contribution in [3.63, 3.8) is 0 Å². The van der Waals surface area contributed by atoms with E-state index in [0.29, 0.717) is 16.7 Å². The third-order valence-electron chi connectivity index (χ3n) is 6.15. The van der Waals surface area contributed by atoms with Gasteiger partial charge in [0.25, 0.3) is 0 Å². The van der Waals surface area contributed by atoms with Gasteiger partial charge < -0.3 is 0 Å². The van der Waals surface area contributed by atoms with Crippen LogP contribution in [0.1, 0.15) is 81.4 Å². The zero-order chi connectivity index (χ0) is 27.8. The third kappa shape index (κ3) is 7.02. The summed E-state index contributed by atoms with van der Waals surface area (Å²) in [5.74, 6) is -3.00. The predicted octanol–water partition coefficient (Wildman–Crippen LogP) is 6.05. The van der Waals surface area contributed by atoms with Crippen molar-refractivity contribution >= 4 is 34.7 Å². The molecule has 0 aromatic heterocycles. The van der Waals surface area contributed by atoms with E-state index in [-0.39, 0.29) is 16.7 Å². The van der Waals surface area contributed by atoms with Gasteiger partial charge in [-0.25, -0.2) is 0 Å². The van der Waals surface area contributed by atoms with E-state index in [1.165, 1.54) is 18.2 Å². The molecule has 0 bridgehead atoms. The van der Waals surface area contributed by atoms with Gasteiger partial charge in [0, 0.05) is 33.4 Å². The second kappa shape index (κ2) is 12.4. The Morgan fingerprint density at radius 2 is 0.513 bits per heavy atom. The zero-order valence-electron chi connectivity index (χ0n) is 21.0. The summed E-state index contributed by atoms with van der Waals surface area (Å²) in [6, 6.07) is 28.8. The molecular weight excluding hydrogens is 492 g/mol. The number of benzene rings is 4. The zero-order valence-corrected chi connectivity index (χ0v) is 21.0. The summed E-state index contributed by atoms with van der Waals surface area (Å²) in [5, 5.41) is 0. The number of Topliss-reactive ketones (excluding diaryl/α,β-unsaturated/α-hetero) is 6. The monoisotopic (exact) mass is 516 g/mol. The van der Waals surface area contributed by atoms with Crippen molar-refractivity contribution in [2.24, 2.45) is 0 Å². The molecule has 0 aliphatic heterocycles. The Hall–Kier alpha value is -5.10. The van der Waals surface area contributed by atoms with Gasteiger partial charge in [-0.1, -0.05) is 91.0 Å². The van der Waals surface area contributed by atoms with Crippen LogP contribution in [-0.4, -0.2) is 34.7 Å². The van der Waals surface area contributed by atoms with Crippen LogP contribution in [0.2, 0.25) is 0 Å². The topological polar surface area (TPSA) is 102 Å². The van der Waals surface area contributed by atoms with Crippen LogP contribution in [0.3, 0.4) is 0 Å². The van der Waals surface area contributed by atoms with E-state index in [9.17, 15) is 28.8 Å². The molecule has 0 amide bonds. The molecule has 6 heteroatoms. The second-order valence-corrected chi connectivity index (χ2v) is 8.97. The lowest BCUT2D eigenvalue weighted by Crippen LogP contribution is -2.15. The summed E-state index contributed by atoms with van der Waals surface area (Å²) >= 11 is 0. The Bertz CT molecular complexity index is 1350. The first-order valence-corrected chi connectivity index (χ1v) is 12.3. The minimum Gasteiger partial charge on any atom is -0.294 e. The number of carbonyl (C=O) groups excluding carboxylic acids is 6. The molecule has 4 rings (SSSR count). The molecule has 6 nitrogen and oxygen atoms in total. The minimum absolute atomic E-state index is 0.0206. The Kier molecular flexibility index (Phi) is 8.59. The highest BCUT2D eigenvalue weighted by atomic mass is 16.2. The Morgan fingerprint density at radius 1 is 0.308 bits per heavy atom. The van der Waals surface area contributed by atoms with Crippen LogP contribution in [0.25, 0.3) is 0 Å². The smallest absolute Gasteiger partial charge is 0.170 e. The van der Waals surface area contributed by atoms with E-state index in [0.717, 1.165) is 0 Å². The average molecular weight is 517 g/mol. The van der Waals surface area contributed by atoms with Crippen molar-refractivity contribution < 1.29 is 28.8 Å². The molecular formula is C33H24O6. The van der Waals surface area contributed by atoms with Crippen LogP contribution >= 0.6 is 0 Å². The average Bonchev–Trinajstić information content (AvgIpc) is 2.98. The Morgan fingerprint density at radius 3 is 0.744 bits per heavy atom. The van der Waals surface area contributed by atoms with Crippen molar-refractivity contribution in [2.45, 2.75) is 19.3 Å². The lowest BCUT2D eigenvalue weighted by molar-refractivity contribution is 0.0882. The first kappa shape index (κ1) is 26.9. The number of ketones is 6. The highest BCUT2D eigenvalue weighted by molar-refractivity contribution is 6.19. The first-order valence-electron chi connectivity index (χ1n) is 12.3. The maximum Gasteiger partial charge on any atom is 0.170 e. The minimum atomic E-state index is -0.587. The first-order chi connectivity index (χ1) is 18.8. The molecule has 0 spiro atoms. The Labute approximate surface area is 225 Å². The molecule has 0 fully saturated rings. The van der Waals surface area contributed by atoms with Gasteiger partial charge in [0.05, 0.1) is 19.3 Å². The van der Waals surface area contributed by atoms with E-state index < -0.39 is 54.0 Å². The lowest BCUT2D eigenvalue weighted by atomic mass is 9.92. The van der Waals surface area contributed by atoms with Gasteiger partial charge in [0.15, 0.2) is 34.7 Å². The maximum absolute atomic E-state index is 13.1. The summed E-state index contributed by atoms with van der Waals surface area (Å²) in [7, 11) is 0. The van der Waals surface area contributed by atoms with E-state index in [2.05, 4.69) is 0 Å². The lowest BCUT2D eigenvalue weighted by Gasteiger charge is -2.09. The van der Waals surface area contributed by atoms with Gasteiger partial charge in [-0.15, -0.1) is 0 Å². The van der Waals surface area contributed by atoms with Gasteiger partial charge in [-0.3, -0.25) is 28.8 Å². The molecule has 0 aliphatic carbocycles. The normalized spacial score (nSPS) is 10.5. The standard InChI is InChI=1S/C33H24O6/c34-28(22-10-4-1-5-11-22)19-31(37)25-16-26(32(38)20-29(35)23-12-6-2-7-13-23)18-27(17-25)33(39)21-30(36)24-14-8-3-9-15-24/h1-18H,19-21H2. The summed E-state index contributed by atoms with van der Waals surface area (Å²) in [6.07, 6.45) is -1.41. The summed E-state index contributed by atoms with van der Waals surface area (Å²) < 4.78 is 0. The van der Waals surface area contributed by atoms with Crippen molar-refractivity contribution in [1.29, 1.82) is 0 Å². The molecule has 0 atom stereocenters. The number of rotatable bonds is 12. The molecule has 39 heavy (non-hydrogen) atoms. The summed E-state index contributed by atoms with van der Waals surface area (Å²) in [4.78, 5) is 77.1. The molecule has 0 heterocycles. The molecule has 4 aromatic rings. The van der Waals surface area contributed by atoms with Gasteiger partial charge in [0.1, 0.15) is 0 Å². The second-order valence-electron chi connectivity index (χ2n) is 8.97. The molecule has 0 aliphatic rings. The maximum atomic E-state index is 13.1. The fraction of sp³-hybridized carbons (Fsp3) is 0.0909. The number of hydrogen-bond acceptors (Lipinski definition) is 6. The van der Waals surface area contributed by atoms with Gasteiger partial charge >= 0.3 is 0 Å². The molecule has 0 saturated carbocycles. The molecule has 4 aromatic carbocycles. The van der Waals surface area contributed by atoms with Crippen molar-refractivity contribution in [3.05, 3.63) is 143 Å². The SMILES string of the molecule is O=C(CC(=O)c1cc(C(=O)CC(=O)c2ccccc2)cc(C(=O)CC(=O)c2ccccc2)c1)c1ccccc1. The predicted molar refractivity (Wildman–Crippen MR) is 146 cm³/mol. The molecule has 0 N–H and O–H groups in total. The summed E-state index contributed by atoms with van der Waals surface area (Å²) in [5.41, 5.74) is 1.01. The van der Waals surface area contributed by atoms with Gasteiger partial charge in [-0.05, 0) is 18.2 Å². The van der Waals surface area contributed by atoms with Crippen molar-refractivity contribution in [3.8, 4) is 0 Å². The van der Waals surface area contributed by atoms with Crippen LogP contribution < -0.4 is 0 Å². The van der Waals surface area contributed by atoms with Crippen LogP contribution in [0.4, 0.5) is 0 Å². The molecule has 0 radical (unpaired) electrons. The van der Waals surface area contributed by atoms with E-state index >= 15 is 0 Å². The third-order valence-corrected chi connectivity index (χ3v) is 6.15. The molecule has 192 valence electrons. The number of hydrogen-bond donors (Lipinski definition) is 0. The van der Waals surface area contributed by atoms with E-state index in [1.54, 1.807) is 91.0 Å². The van der Waals surface area contributed by atoms with Crippen LogP contribution in [0.15, 0.2) is 109 Å². The van der Waals surface area contributed by atoms with E-state index in [4.69, 9.17) is 0 Å². The fourth-order valence-corrected chi connectivity index (χ4v) is 4.03. The van der Waals surface area contributed by atoms with Gasteiger partial charge in [0.2, 0.25) is 0 Å². The quantitative estimate of drug-likeness (QED) is 0.168. The van der Waals surface area contributed by atoms with Crippen molar-refractivity contribution in [2.75, 3.05) is 0 Å². The van der Waals surface area contributed by atoms with Crippen molar-refractivity contribution in [1.82, 2.24) is 0 Å². The summed E-state index contributed by atoms with van der Waals surface area (Å²) in [6.45, 7) is 0. The van der Waals surface area contributed by atoms with Crippen LogP contribution in [0, 0.1) is 0 Å². The highest BCUT2D eigenvalue weighted by Gasteiger charge is 2.22. The molecule has 0 unspecified atom stereocenters. The molecule has 0 saturated heterocycles. The van der Waals surface area contributed by atoms with Gasteiger partial charge in [-0.2, -0.15) is 0 Å².